The van der Waals surface area contributed by atoms with Gasteiger partial charge >= 0.3 is 5.97 Å². The molecular weight excluding hydrogens is 272 g/mol. The van der Waals surface area contributed by atoms with Gasteiger partial charge in [-0.25, -0.2) is 0 Å². The highest BCUT2D eigenvalue weighted by Crippen LogP contribution is 2.35. The van der Waals surface area contributed by atoms with E-state index >= 15 is 0 Å². The lowest BCUT2D eigenvalue weighted by Gasteiger charge is -2.23. The van der Waals surface area contributed by atoms with E-state index in [4.69, 9.17) is 9.57 Å². The first-order valence-corrected chi connectivity index (χ1v) is 6.75. The highest BCUT2D eigenvalue weighted by atomic mass is 16.7. The van der Waals surface area contributed by atoms with Crippen molar-refractivity contribution < 1.29 is 19.2 Å². The molecule has 1 amide bonds. The molecule has 0 bridgehead atoms. The van der Waals surface area contributed by atoms with Crippen molar-refractivity contribution in [2.75, 3.05) is 26.3 Å². The summed E-state index contributed by atoms with van der Waals surface area (Å²) in [5, 5.41) is 1.47. The number of rotatable bonds is 4. The van der Waals surface area contributed by atoms with Crippen LogP contribution >= 0.6 is 0 Å². The van der Waals surface area contributed by atoms with Gasteiger partial charge in [0.1, 0.15) is 0 Å². The molecule has 1 heterocycles. The van der Waals surface area contributed by atoms with Crippen LogP contribution in [-0.4, -0.2) is 44.2 Å². The Morgan fingerprint density at radius 1 is 1.38 bits per heavy atom. The first-order valence-electron chi connectivity index (χ1n) is 6.75. The second kappa shape index (κ2) is 6.13. The second-order valence-corrected chi connectivity index (χ2v) is 5.18. The fourth-order valence-electron chi connectivity index (χ4n) is 2.39. The molecule has 1 aromatic rings. The largest absolute Gasteiger partial charge is 0.358 e. The zero-order chi connectivity index (χ0) is 15.6. The zero-order valence-electron chi connectivity index (χ0n) is 12.8. The molecule has 0 aromatic heterocycles. The number of hydrogen-bond donors (Lipinski definition) is 0. The lowest BCUT2D eigenvalue weighted by Crippen LogP contribution is -2.34. The molecule has 1 unspecified atom stereocenters. The van der Waals surface area contributed by atoms with E-state index in [2.05, 4.69) is 0 Å². The molecule has 0 saturated carbocycles. The predicted molar refractivity (Wildman–Crippen MR) is 77.6 cm³/mol. The van der Waals surface area contributed by atoms with Crippen molar-refractivity contribution in [2.45, 2.75) is 26.0 Å². The molecular formula is C15H20N2O4. The Morgan fingerprint density at radius 2 is 2.10 bits per heavy atom. The van der Waals surface area contributed by atoms with E-state index in [0.717, 1.165) is 16.8 Å². The summed E-state index contributed by atoms with van der Waals surface area (Å²) in [7, 11) is 5.03. The van der Waals surface area contributed by atoms with E-state index in [-0.39, 0.29) is 12.1 Å². The van der Waals surface area contributed by atoms with Crippen molar-refractivity contribution in [3.63, 3.8) is 0 Å². The Kier molecular flexibility index (Phi) is 4.47. The molecule has 0 fully saturated rings. The Hall–Kier alpha value is -2.08. The number of methoxy groups -OCH3 is 1. The third-order valence-corrected chi connectivity index (χ3v) is 3.47. The Balaban J connectivity index is 2.32. The summed E-state index contributed by atoms with van der Waals surface area (Å²) in [6.07, 6.45) is 0.538. The molecule has 0 N–H and O–H groups in total. The summed E-state index contributed by atoms with van der Waals surface area (Å²) >= 11 is 0. The maximum atomic E-state index is 11.9. The predicted octanol–water partition coefficient (Wildman–Crippen LogP) is 1.13. The quantitative estimate of drug-likeness (QED) is 0.832. The number of hydrogen-bond acceptors (Lipinski definition) is 5. The van der Waals surface area contributed by atoms with Gasteiger partial charge in [0.15, 0.2) is 6.23 Å². The van der Waals surface area contributed by atoms with Crippen LogP contribution in [0.1, 0.15) is 18.1 Å². The number of hydroxylamine groups is 1. The fourth-order valence-corrected chi connectivity index (χ4v) is 2.39. The number of carbonyl (C=O) groups is 2. The number of carbonyl (C=O) groups excluding carboxylic acids is 2. The first kappa shape index (κ1) is 15.3. The molecule has 1 atom stereocenters. The van der Waals surface area contributed by atoms with Crippen LogP contribution in [0.2, 0.25) is 0 Å². The molecule has 21 heavy (non-hydrogen) atoms. The molecule has 114 valence electrons. The van der Waals surface area contributed by atoms with Crippen molar-refractivity contribution >= 4 is 17.6 Å². The van der Waals surface area contributed by atoms with Gasteiger partial charge in [0.2, 0.25) is 5.91 Å². The molecule has 0 aliphatic carbocycles. The van der Waals surface area contributed by atoms with Crippen LogP contribution in [0.4, 0.5) is 5.69 Å². The van der Waals surface area contributed by atoms with E-state index in [1.165, 1.54) is 12.0 Å². The van der Waals surface area contributed by atoms with Gasteiger partial charge in [-0.15, -0.1) is 0 Å². The Bertz CT molecular complexity index is 557. The SMILES string of the molecule is COC1Cc2c(CC(=O)N(C)C)cccc2N1OC(C)=O. The maximum Gasteiger partial charge on any atom is 0.329 e. The van der Waals surface area contributed by atoms with E-state index in [9.17, 15) is 9.59 Å². The van der Waals surface area contributed by atoms with Crippen LogP contribution in [-0.2, 0) is 32.0 Å². The summed E-state index contributed by atoms with van der Waals surface area (Å²) in [6.45, 7) is 1.35. The van der Waals surface area contributed by atoms with Gasteiger partial charge in [0.25, 0.3) is 0 Å². The van der Waals surface area contributed by atoms with Crippen LogP contribution in [0, 0.1) is 0 Å². The summed E-state index contributed by atoms with van der Waals surface area (Å²) in [6, 6.07) is 5.64. The molecule has 1 aliphatic heterocycles. The van der Waals surface area contributed by atoms with Crippen molar-refractivity contribution in [2.24, 2.45) is 0 Å². The van der Waals surface area contributed by atoms with E-state index in [1.54, 1.807) is 26.1 Å². The van der Waals surface area contributed by atoms with Gasteiger partial charge in [0, 0.05) is 34.5 Å². The van der Waals surface area contributed by atoms with Crippen LogP contribution in [0.15, 0.2) is 18.2 Å². The van der Waals surface area contributed by atoms with Crippen LogP contribution in [0.5, 0.6) is 0 Å². The monoisotopic (exact) mass is 292 g/mol. The Labute approximate surface area is 124 Å². The van der Waals surface area contributed by atoms with E-state index < -0.39 is 5.97 Å². The first-order chi connectivity index (χ1) is 9.93. The Morgan fingerprint density at radius 3 is 2.67 bits per heavy atom. The van der Waals surface area contributed by atoms with E-state index in [0.29, 0.717) is 12.8 Å². The minimum absolute atomic E-state index is 0.0308. The minimum Gasteiger partial charge on any atom is -0.358 e. The van der Waals surface area contributed by atoms with Gasteiger partial charge in [-0.05, 0) is 17.2 Å². The summed E-state index contributed by atoms with van der Waals surface area (Å²) in [5.74, 6) is -0.372. The molecule has 0 spiro atoms. The number of ether oxygens (including phenoxy) is 1. The van der Waals surface area contributed by atoms with Crippen molar-refractivity contribution in [3.8, 4) is 0 Å². The topological polar surface area (TPSA) is 59.1 Å². The van der Waals surface area contributed by atoms with Crippen molar-refractivity contribution in [1.29, 1.82) is 0 Å². The number of anilines is 1. The van der Waals surface area contributed by atoms with Crippen molar-refractivity contribution in [3.05, 3.63) is 29.3 Å². The van der Waals surface area contributed by atoms with Gasteiger partial charge in [-0.2, -0.15) is 5.06 Å². The summed E-state index contributed by atoms with van der Waals surface area (Å²) in [5.41, 5.74) is 2.70. The van der Waals surface area contributed by atoms with Gasteiger partial charge in [-0.1, -0.05) is 12.1 Å². The minimum atomic E-state index is -0.403. The highest BCUT2D eigenvalue weighted by molar-refractivity contribution is 5.80. The smallest absolute Gasteiger partial charge is 0.329 e. The van der Waals surface area contributed by atoms with Crippen LogP contribution in [0.3, 0.4) is 0 Å². The van der Waals surface area contributed by atoms with Gasteiger partial charge in [0.05, 0.1) is 12.1 Å². The van der Waals surface area contributed by atoms with Crippen LogP contribution < -0.4 is 5.06 Å². The van der Waals surface area contributed by atoms with Crippen LogP contribution in [0.25, 0.3) is 0 Å². The average Bonchev–Trinajstić information content (AvgIpc) is 2.77. The molecule has 2 rings (SSSR count). The summed E-state index contributed by atoms with van der Waals surface area (Å²) in [4.78, 5) is 29.9. The lowest BCUT2D eigenvalue weighted by molar-refractivity contribution is -0.146. The number of amides is 1. The zero-order valence-corrected chi connectivity index (χ0v) is 12.8. The highest BCUT2D eigenvalue weighted by Gasteiger charge is 2.33. The second-order valence-electron chi connectivity index (χ2n) is 5.18. The average molecular weight is 292 g/mol. The number of fused-ring (bicyclic) bond motifs is 1. The standard InChI is InChI=1S/C15H20N2O4/c1-10(18)21-17-13-7-5-6-11(8-14(19)16(2)3)12(13)9-15(17)20-4/h5-7,15H,8-9H2,1-4H3. The number of likely N-dealkylation sites (N-methyl/N-ethyl adjacent to an activating group) is 1. The number of nitrogens with zero attached hydrogens (tertiary/aromatic N) is 2. The molecule has 1 aromatic carbocycles. The van der Waals surface area contributed by atoms with Gasteiger partial charge < -0.3 is 14.5 Å². The number of benzene rings is 1. The van der Waals surface area contributed by atoms with Gasteiger partial charge in [-0.3, -0.25) is 9.59 Å². The molecule has 6 nitrogen and oxygen atoms in total. The van der Waals surface area contributed by atoms with Crippen molar-refractivity contribution in [1.82, 2.24) is 4.90 Å². The molecule has 6 heteroatoms. The third kappa shape index (κ3) is 3.16. The molecule has 1 aliphatic rings. The fraction of sp³-hybridized carbons (Fsp3) is 0.467. The molecule has 0 radical (unpaired) electrons. The summed E-state index contributed by atoms with van der Waals surface area (Å²) < 4.78 is 5.37. The normalized spacial score (nSPS) is 16.6. The van der Waals surface area contributed by atoms with E-state index in [1.807, 2.05) is 18.2 Å². The maximum absolute atomic E-state index is 11.9. The molecule has 0 saturated heterocycles. The lowest BCUT2D eigenvalue weighted by atomic mass is 10.0. The third-order valence-electron chi connectivity index (χ3n) is 3.47.